The van der Waals surface area contributed by atoms with Crippen LogP contribution in [0.25, 0.3) is 11.3 Å². The molecule has 1 heterocycles. The molecule has 0 aliphatic heterocycles. The van der Waals surface area contributed by atoms with E-state index in [4.69, 9.17) is 0 Å². The van der Waals surface area contributed by atoms with Crippen LogP contribution in [0.1, 0.15) is 26.3 Å². The van der Waals surface area contributed by atoms with Gasteiger partial charge >= 0.3 is 0 Å². The van der Waals surface area contributed by atoms with Gasteiger partial charge in [0.05, 0.1) is 21.9 Å². The van der Waals surface area contributed by atoms with Gasteiger partial charge in [-0.3, -0.25) is 4.68 Å². The Bertz CT molecular complexity index is 535. The molecule has 0 aliphatic carbocycles. The molecule has 2 aromatic rings. The monoisotopic (exact) mass is 292 g/mol. The largest absolute Gasteiger partial charge is 0.258 e. The van der Waals surface area contributed by atoms with Gasteiger partial charge in [-0.1, -0.05) is 24.3 Å². The molecule has 1 aromatic carbocycles. The van der Waals surface area contributed by atoms with E-state index in [0.717, 1.165) is 10.2 Å². The van der Waals surface area contributed by atoms with Crippen LogP contribution in [0.15, 0.2) is 34.9 Å². The maximum absolute atomic E-state index is 4.47. The van der Waals surface area contributed by atoms with Gasteiger partial charge in [-0.05, 0) is 49.2 Å². The van der Waals surface area contributed by atoms with Crippen LogP contribution in [0.5, 0.6) is 0 Å². The second-order valence-electron chi connectivity index (χ2n) is 5.24. The quantitative estimate of drug-likeness (QED) is 0.763. The van der Waals surface area contributed by atoms with Gasteiger partial charge in [0, 0.05) is 5.56 Å². The Kier molecular flexibility index (Phi) is 3.13. The molecule has 2 rings (SSSR count). The zero-order chi connectivity index (χ0) is 12.6. The van der Waals surface area contributed by atoms with Gasteiger partial charge in [0.25, 0.3) is 0 Å². The smallest absolute Gasteiger partial charge is 0.0833 e. The average Bonchev–Trinajstić information content (AvgIpc) is 2.60. The van der Waals surface area contributed by atoms with Gasteiger partial charge < -0.3 is 0 Å². The molecule has 3 heteroatoms. The Morgan fingerprint density at radius 2 is 1.82 bits per heavy atom. The van der Waals surface area contributed by atoms with E-state index in [1.807, 2.05) is 6.20 Å². The van der Waals surface area contributed by atoms with Crippen molar-refractivity contribution in [2.75, 3.05) is 0 Å². The van der Waals surface area contributed by atoms with Crippen molar-refractivity contribution >= 4 is 15.9 Å². The number of benzene rings is 1. The van der Waals surface area contributed by atoms with Crippen molar-refractivity contribution in [2.24, 2.45) is 0 Å². The minimum Gasteiger partial charge on any atom is -0.258 e. The van der Waals surface area contributed by atoms with Crippen molar-refractivity contribution in [3.05, 3.63) is 40.5 Å². The summed E-state index contributed by atoms with van der Waals surface area (Å²) in [4.78, 5) is 0. The van der Waals surface area contributed by atoms with Crippen LogP contribution in [-0.4, -0.2) is 9.78 Å². The van der Waals surface area contributed by atoms with E-state index in [-0.39, 0.29) is 5.54 Å². The van der Waals surface area contributed by atoms with E-state index in [1.165, 1.54) is 11.1 Å². The Labute approximate surface area is 111 Å². The highest BCUT2D eigenvalue weighted by Crippen LogP contribution is 2.33. The summed E-state index contributed by atoms with van der Waals surface area (Å²) in [5.74, 6) is 0. The van der Waals surface area contributed by atoms with Gasteiger partial charge in [0.2, 0.25) is 0 Å². The van der Waals surface area contributed by atoms with E-state index in [0.29, 0.717) is 0 Å². The molecule has 17 heavy (non-hydrogen) atoms. The third kappa shape index (κ3) is 2.29. The van der Waals surface area contributed by atoms with Crippen molar-refractivity contribution in [2.45, 2.75) is 33.2 Å². The first-order chi connectivity index (χ1) is 7.91. The van der Waals surface area contributed by atoms with E-state index in [2.05, 4.69) is 77.7 Å². The summed E-state index contributed by atoms with van der Waals surface area (Å²) in [6.07, 6.45) is 1.87. The number of rotatable bonds is 1. The molecular formula is C14H17BrN2. The number of nitrogens with zero attached hydrogens (tertiary/aromatic N) is 2. The standard InChI is InChI=1S/C14H17BrN2/c1-10-7-5-6-8-11(10)13-12(15)9-16-17(13)14(2,3)4/h5-9H,1-4H3. The fourth-order valence-electron chi connectivity index (χ4n) is 1.92. The van der Waals surface area contributed by atoms with Gasteiger partial charge in [-0.2, -0.15) is 5.10 Å². The predicted molar refractivity (Wildman–Crippen MR) is 75.1 cm³/mol. The predicted octanol–water partition coefficient (Wildman–Crippen LogP) is 4.38. The summed E-state index contributed by atoms with van der Waals surface area (Å²) in [5, 5.41) is 4.47. The van der Waals surface area contributed by atoms with Crippen LogP contribution in [0.3, 0.4) is 0 Å². The van der Waals surface area contributed by atoms with E-state index in [1.54, 1.807) is 0 Å². The number of halogens is 1. The number of aromatic nitrogens is 2. The maximum Gasteiger partial charge on any atom is 0.0833 e. The molecule has 0 atom stereocenters. The first-order valence-electron chi connectivity index (χ1n) is 5.71. The zero-order valence-corrected chi connectivity index (χ0v) is 12.2. The van der Waals surface area contributed by atoms with Crippen LogP contribution in [0.4, 0.5) is 0 Å². The Hall–Kier alpha value is -1.09. The molecule has 0 fully saturated rings. The Morgan fingerprint density at radius 3 is 2.41 bits per heavy atom. The van der Waals surface area contributed by atoms with Crippen molar-refractivity contribution in [3.8, 4) is 11.3 Å². The molecule has 90 valence electrons. The highest BCUT2D eigenvalue weighted by Gasteiger charge is 2.21. The summed E-state index contributed by atoms with van der Waals surface area (Å²) < 4.78 is 3.11. The van der Waals surface area contributed by atoms with Gasteiger partial charge in [0.15, 0.2) is 0 Å². The van der Waals surface area contributed by atoms with Crippen LogP contribution < -0.4 is 0 Å². The minimum atomic E-state index is -0.0242. The lowest BCUT2D eigenvalue weighted by Crippen LogP contribution is -2.24. The molecule has 0 N–H and O–H groups in total. The van der Waals surface area contributed by atoms with Crippen molar-refractivity contribution in [3.63, 3.8) is 0 Å². The molecule has 0 saturated carbocycles. The van der Waals surface area contributed by atoms with Crippen molar-refractivity contribution < 1.29 is 0 Å². The van der Waals surface area contributed by atoms with Crippen LogP contribution in [0.2, 0.25) is 0 Å². The molecular weight excluding hydrogens is 276 g/mol. The summed E-state index contributed by atoms with van der Waals surface area (Å²) >= 11 is 3.60. The number of aryl methyl sites for hydroxylation is 1. The molecule has 1 aromatic heterocycles. The minimum absolute atomic E-state index is 0.0242. The lowest BCUT2D eigenvalue weighted by Gasteiger charge is -2.23. The second-order valence-corrected chi connectivity index (χ2v) is 6.09. The zero-order valence-electron chi connectivity index (χ0n) is 10.7. The molecule has 0 unspecified atom stereocenters. The van der Waals surface area contributed by atoms with Crippen LogP contribution >= 0.6 is 15.9 Å². The second kappa shape index (κ2) is 4.30. The molecule has 0 bridgehead atoms. The summed E-state index contributed by atoms with van der Waals surface area (Å²) in [6.45, 7) is 8.61. The van der Waals surface area contributed by atoms with Crippen molar-refractivity contribution in [1.82, 2.24) is 9.78 Å². The highest BCUT2D eigenvalue weighted by atomic mass is 79.9. The molecule has 0 amide bonds. The highest BCUT2D eigenvalue weighted by molar-refractivity contribution is 9.10. The van der Waals surface area contributed by atoms with E-state index < -0.39 is 0 Å². The third-order valence-corrected chi connectivity index (χ3v) is 3.34. The summed E-state index contributed by atoms with van der Waals surface area (Å²) in [7, 11) is 0. The first-order valence-corrected chi connectivity index (χ1v) is 6.50. The summed E-state index contributed by atoms with van der Waals surface area (Å²) in [6, 6.07) is 8.39. The van der Waals surface area contributed by atoms with E-state index in [9.17, 15) is 0 Å². The van der Waals surface area contributed by atoms with Gasteiger partial charge in [0.1, 0.15) is 0 Å². The van der Waals surface area contributed by atoms with Gasteiger partial charge in [-0.25, -0.2) is 0 Å². The lowest BCUT2D eigenvalue weighted by atomic mass is 10.0. The maximum atomic E-state index is 4.47. The Morgan fingerprint density at radius 1 is 1.18 bits per heavy atom. The number of hydrogen-bond donors (Lipinski definition) is 0. The Balaban J connectivity index is 2.68. The first kappa shape index (κ1) is 12.4. The average molecular weight is 293 g/mol. The van der Waals surface area contributed by atoms with Crippen LogP contribution in [0, 0.1) is 6.92 Å². The van der Waals surface area contributed by atoms with Crippen LogP contribution in [-0.2, 0) is 5.54 Å². The molecule has 0 spiro atoms. The topological polar surface area (TPSA) is 17.8 Å². The lowest BCUT2D eigenvalue weighted by molar-refractivity contribution is 0.360. The third-order valence-electron chi connectivity index (χ3n) is 2.76. The molecule has 2 nitrogen and oxygen atoms in total. The van der Waals surface area contributed by atoms with Gasteiger partial charge in [-0.15, -0.1) is 0 Å². The molecule has 0 radical (unpaired) electrons. The number of hydrogen-bond acceptors (Lipinski definition) is 1. The molecule has 0 aliphatic rings. The normalized spacial score (nSPS) is 11.8. The summed E-state index contributed by atoms with van der Waals surface area (Å²) in [5.41, 5.74) is 3.62. The molecule has 0 saturated heterocycles. The fraction of sp³-hybridized carbons (Fsp3) is 0.357. The SMILES string of the molecule is Cc1ccccc1-c1c(Br)cnn1C(C)(C)C. The van der Waals surface area contributed by atoms with E-state index >= 15 is 0 Å². The fourth-order valence-corrected chi connectivity index (χ4v) is 2.39. The van der Waals surface area contributed by atoms with Crippen molar-refractivity contribution in [1.29, 1.82) is 0 Å².